The van der Waals surface area contributed by atoms with Crippen LogP contribution in [0.5, 0.6) is 5.75 Å². The lowest BCUT2D eigenvalue weighted by Gasteiger charge is -2.47. The first kappa shape index (κ1) is 21.3. The molecule has 34 heavy (non-hydrogen) atoms. The standard InChI is InChI=1S/C24H26N6O3S/c1-16-9-22-20(10-23(16)33-2)19(3-4-25-22)21-12-27-30-15-17(11-26-24(21)30)29-13-18(14-29)28-5-7-34(31,32)8-6-28/h3-4,9-12,15,18H,5-8,13-14H2,1-2H3. The molecule has 0 atom stereocenters. The van der Waals surface area contributed by atoms with Crippen LogP contribution in [-0.4, -0.2) is 83.7 Å². The molecule has 0 bridgehead atoms. The smallest absolute Gasteiger partial charge is 0.162 e. The lowest BCUT2D eigenvalue weighted by Crippen LogP contribution is -2.62. The highest BCUT2D eigenvalue weighted by Crippen LogP contribution is 2.34. The summed E-state index contributed by atoms with van der Waals surface area (Å²) >= 11 is 0. The lowest BCUT2D eigenvalue weighted by atomic mass is 10.0. The van der Waals surface area contributed by atoms with Crippen LogP contribution >= 0.6 is 0 Å². The van der Waals surface area contributed by atoms with Gasteiger partial charge in [0.15, 0.2) is 15.5 Å². The Labute approximate surface area is 197 Å². The van der Waals surface area contributed by atoms with E-state index in [1.54, 1.807) is 7.11 Å². The van der Waals surface area contributed by atoms with Gasteiger partial charge in [-0.2, -0.15) is 5.10 Å². The molecule has 1 aromatic carbocycles. The second-order valence-electron chi connectivity index (χ2n) is 9.08. The molecule has 176 valence electrons. The van der Waals surface area contributed by atoms with Crippen LogP contribution in [0.2, 0.25) is 0 Å². The van der Waals surface area contributed by atoms with Crippen LogP contribution in [0.25, 0.3) is 27.7 Å². The average molecular weight is 479 g/mol. The van der Waals surface area contributed by atoms with E-state index < -0.39 is 9.84 Å². The highest BCUT2D eigenvalue weighted by atomic mass is 32.2. The van der Waals surface area contributed by atoms with Crippen LogP contribution in [-0.2, 0) is 9.84 Å². The summed E-state index contributed by atoms with van der Waals surface area (Å²) in [6.45, 7) is 5.01. The van der Waals surface area contributed by atoms with E-state index in [1.807, 2.05) is 54.4 Å². The minimum Gasteiger partial charge on any atom is -0.496 e. The fraction of sp³-hybridized carbons (Fsp3) is 0.375. The van der Waals surface area contributed by atoms with Gasteiger partial charge in [0, 0.05) is 49.4 Å². The van der Waals surface area contributed by atoms with Crippen molar-refractivity contribution in [2.75, 3.05) is 49.7 Å². The molecular formula is C24H26N6O3S. The first-order valence-corrected chi connectivity index (χ1v) is 13.2. The topological polar surface area (TPSA) is 92.9 Å². The van der Waals surface area contributed by atoms with E-state index in [9.17, 15) is 8.42 Å². The molecule has 0 amide bonds. The van der Waals surface area contributed by atoms with Crippen molar-refractivity contribution >= 4 is 32.1 Å². The van der Waals surface area contributed by atoms with Gasteiger partial charge in [-0.1, -0.05) is 0 Å². The summed E-state index contributed by atoms with van der Waals surface area (Å²) in [6.07, 6.45) is 7.57. The number of hydrogen-bond acceptors (Lipinski definition) is 8. The summed E-state index contributed by atoms with van der Waals surface area (Å²) in [7, 11) is -1.18. The summed E-state index contributed by atoms with van der Waals surface area (Å²) in [4.78, 5) is 13.8. The summed E-state index contributed by atoms with van der Waals surface area (Å²) in [5.41, 5.74) is 5.71. The van der Waals surface area contributed by atoms with E-state index in [0.29, 0.717) is 19.1 Å². The third-order valence-electron chi connectivity index (χ3n) is 7.01. The largest absolute Gasteiger partial charge is 0.496 e. The number of fused-ring (bicyclic) bond motifs is 2. The van der Waals surface area contributed by atoms with E-state index >= 15 is 0 Å². The molecular weight excluding hydrogens is 452 g/mol. The zero-order valence-corrected chi connectivity index (χ0v) is 20.0. The molecule has 0 radical (unpaired) electrons. The Morgan fingerprint density at radius 1 is 1.06 bits per heavy atom. The number of rotatable bonds is 4. The van der Waals surface area contributed by atoms with E-state index in [4.69, 9.17) is 9.72 Å². The molecule has 2 aliphatic rings. The van der Waals surface area contributed by atoms with Crippen molar-refractivity contribution in [3.05, 3.63) is 48.5 Å². The summed E-state index contributed by atoms with van der Waals surface area (Å²) in [6, 6.07) is 6.44. The molecule has 4 aromatic rings. The number of hydrogen-bond donors (Lipinski definition) is 0. The molecule has 2 aliphatic heterocycles. The maximum atomic E-state index is 11.7. The molecule has 3 aromatic heterocycles. The monoisotopic (exact) mass is 478 g/mol. The van der Waals surface area contributed by atoms with Gasteiger partial charge in [0.2, 0.25) is 0 Å². The fourth-order valence-corrected chi connectivity index (χ4v) is 6.17. The fourth-order valence-electron chi connectivity index (χ4n) is 4.94. The average Bonchev–Trinajstić information content (AvgIpc) is 3.21. The third-order valence-corrected chi connectivity index (χ3v) is 8.62. The minimum absolute atomic E-state index is 0.266. The van der Waals surface area contributed by atoms with E-state index in [0.717, 1.165) is 57.8 Å². The third kappa shape index (κ3) is 3.57. The van der Waals surface area contributed by atoms with Crippen LogP contribution < -0.4 is 9.64 Å². The van der Waals surface area contributed by atoms with Crippen molar-refractivity contribution < 1.29 is 13.2 Å². The number of ether oxygens (including phenoxy) is 1. The van der Waals surface area contributed by atoms with Gasteiger partial charge in [-0.15, -0.1) is 0 Å². The molecule has 2 saturated heterocycles. The van der Waals surface area contributed by atoms with Crippen molar-refractivity contribution in [1.82, 2.24) is 24.5 Å². The van der Waals surface area contributed by atoms with Gasteiger partial charge < -0.3 is 9.64 Å². The van der Waals surface area contributed by atoms with Gasteiger partial charge >= 0.3 is 0 Å². The maximum Gasteiger partial charge on any atom is 0.162 e. The highest BCUT2D eigenvalue weighted by Gasteiger charge is 2.35. The van der Waals surface area contributed by atoms with Gasteiger partial charge in [-0.3, -0.25) is 9.88 Å². The van der Waals surface area contributed by atoms with Crippen molar-refractivity contribution in [3.8, 4) is 16.9 Å². The molecule has 0 saturated carbocycles. The van der Waals surface area contributed by atoms with Crippen LogP contribution in [0.1, 0.15) is 5.56 Å². The Bertz CT molecular complexity index is 1500. The number of benzene rings is 1. The SMILES string of the molecule is COc1cc2c(-c3cnn4cc(N5CC(N6CCS(=O)(=O)CC6)C5)cnc34)ccnc2cc1C. The number of aryl methyl sites for hydroxylation is 1. The van der Waals surface area contributed by atoms with E-state index in [2.05, 4.69) is 19.9 Å². The number of nitrogens with zero attached hydrogens (tertiary/aromatic N) is 6. The van der Waals surface area contributed by atoms with Crippen molar-refractivity contribution in [3.63, 3.8) is 0 Å². The van der Waals surface area contributed by atoms with Gasteiger partial charge in [0.25, 0.3) is 0 Å². The molecule has 0 spiro atoms. The zero-order chi connectivity index (χ0) is 23.4. The molecule has 2 fully saturated rings. The predicted octanol–water partition coefficient (Wildman–Crippen LogP) is 2.18. The molecule has 0 N–H and O–H groups in total. The Balaban J connectivity index is 1.26. The second kappa shape index (κ2) is 7.92. The number of aromatic nitrogens is 4. The van der Waals surface area contributed by atoms with Crippen molar-refractivity contribution in [2.24, 2.45) is 0 Å². The summed E-state index contributed by atoms with van der Waals surface area (Å²) in [5, 5.41) is 5.59. The molecule has 5 heterocycles. The van der Waals surface area contributed by atoms with Crippen LogP contribution in [0.3, 0.4) is 0 Å². The van der Waals surface area contributed by atoms with Crippen LogP contribution in [0.15, 0.2) is 43.0 Å². The molecule has 0 unspecified atom stereocenters. The summed E-state index contributed by atoms with van der Waals surface area (Å²) in [5.74, 6) is 1.36. The van der Waals surface area contributed by atoms with Crippen LogP contribution in [0.4, 0.5) is 5.69 Å². The molecule has 9 nitrogen and oxygen atoms in total. The molecule has 6 rings (SSSR count). The van der Waals surface area contributed by atoms with Crippen molar-refractivity contribution in [1.29, 1.82) is 0 Å². The highest BCUT2D eigenvalue weighted by molar-refractivity contribution is 7.91. The predicted molar refractivity (Wildman–Crippen MR) is 131 cm³/mol. The van der Waals surface area contributed by atoms with E-state index in [-0.39, 0.29) is 11.5 Å². The quantitative estimate of drug-likeness (QED) is 0.441. The second-order valence-corrected chi connectivity index (χ2v) is 11.4. The van der Waals surface area contributed by atoms with E-state index in [1.165, 1.54) is 0 Å². The lowest BCUT2D eigenvalue weighted by molar-refractivity contribution is 0.180. The van der Waals surface area contributed by atoms with Crippen LogP contribution in [0, 0.1) is 6.92 Å². The Morgan fingerprint density at radius 2 is 1.85 bits per heavy atom. The van der Waals surface area contributed by atoms with Gasteiger partial charge in [0.05, 0.1) is 48.4 Å². The summed E-state index contributed by atoms with van der Waals surface area (Å²) < 4.78 is 30.7. The zero-order valence-electron chi connectivity index (χ0n) is 19.2. The van der Waals surface area contributed by atoms with Gasteiger partial charge in [0.1, 0.15) is 5.75 Å². The van der Waals surface area contributed by atoms with Gasteiger partial charge in [-0.25, -0.2) is 17.9 Å². The molecule has 0 aliphatic carbocycles. The van der Waals surface area contributed by atoms with Crippen molar-refractivity contribution in [2.45, 2.75) is 13.0 Å². The number of methoxy groups -OCH3 is 1. The molecule has 10 heteroatoms. The first-order chi connectivity index (χ1) is 16.4. The Hall–Kier alpha value is -3.24. The number of sulfone groups is 1. The Morgan fingerprint density at radius 3 is 2.62 bits per heavy atom. The minimum atomic E-state index is -2.85. The maximum absolute atomic E-state index is 11.7. The Kier molecular flexibility index (Phi) is 4.96. The van der Waals surface area contributed by atoms with Gasteiger partial charge in [-0.05, 0) is 36.2 Å². The first-order valence-electron chi connectivity index (χ1n) is 11.4. The number of anilines is 1. The number of pyridine rings is 1. The normalized spacial score (nSPS) is 18.9.